The number of aliphatic hydroxyl groups excluding tert-OH is 1. The number of anilines is 1. The Morgan fingerprint density at radius 2 is 2.00 bits per heavy atom. The van der Waals surface area contributed by atoms with Crippen LogP contribution in [0, 0.1) is 0 Å². The van der Waals surface area contributed by atoms with Gasteiger partial charge in [0.05, 0.1) is 18.8 Å². The lowest BCUT2D eigenvalue weighted by molar-refractivity contribution is 0.102. The maximum atomic E-state index is 10.5. The third-order valence-electron chi connectivity index (χ3n) is 4.24. The molecule has 2 aromatic rings. The number of hydrogen-bond donors (Lipinski definition) is 2. The maximum Gasteiger partial charge on any atom is 0.220 e. The van der Waals surface area contributed by atoms with Crippen molar-refractivity contribution in [2.45, 2.75) is 12.5 Å². The standard InChI is InChI=1S/C19H19ClN2O4/c20-13-3-4-14-15(9-13)21-11-22-19(14)26-10-16(23)12-2-5-17-18(8-12)25-7-1-6-24-17/h2-5,8-9,16,21,23H,1,6-7,10-11H2/t16-/m1/s1. The third-order valence-corrected chi connectivity index (χ3v) is 4.47. The Labute approximate surface area is 156 Å². The van der Waals surface area contributed by atoms with Gasteiger partial charge in [-0.25, -0.2) is 4.99 Å². The highest BCUT2D eigenvalue weighted by Gasteiger charge is 2.19. The summed E-state index contributed by atoms with van der Waals surface area (Å²) in [5.74, 6) is 1.84. The molecule has 0 spiro atoms. The Kier molecular flexibility index (Phi) is 4.86. The van der Waals surface area contributed by atoms with Gasteiger partial charge in [-0.05, 0) is 35.9 Å². The zero-order chi connectivity index (χ0) is 17.9. The van der Waals surface area contributed by atoms with Crippen molar-refractivity contribution in [3.8, 4) is 11.5 Å². The molecule has 4 rings (SSSR count). The Balaban J connectivity index is 1.45. The van der Waals surface area contributed by atoms with E-state index in [4.69, 9.17) is 25.8 Å². The maximum absolute atomic E-state index is 10.5. The molecular formula is C19H19ClN2O4. The molecule has 7 heteroatoms. The summed E-state index contributed by atoms with van der Waals surface area (Å²) in [6.45, 7) is 1.73. The predicted octanol–water partition coefficient (Wildman–Crippen LogP) is 3.38. The molecule has 6 nitrogen and oxygen atoms in total. The van der Waals surface area contributed by atoms with Gasteiger partial charge in [0.2, 0.25) is 5.90 Å². The summed E-state index contributed by atoms with van der Waals surface area (Å²) in [6.07, 6.45) is 0.0351. The second kappa shape index (κ2) is 7.43. The molecule has 0 aliphatic carbocycles. The molecule has 0 unspecified atom stereocenters. The van der Waals surface area contributed by atoms with E-state index in [2.05, 4.69) is 10.3 Å². The molecule has 2 aliphatic rings. The number of hydrogen-bond acceptors (Lipinski definition) is 6. The first-order valence-electron chi connectivity index (χ1n) is 8.49. The van der Waals surface area contributed by atoms with Gasteiger partial charge in [-0.1, -0.05) is 17.7 Å². The second-order valence-corrected chi connectivity index (χ2v) is 6.51. The number of nitrogens with one attached hydrogen (secondary N) is 1. The lowest BCUT2D eigenvalue weighted by atomic mass is 10.1. The summed E-state index contributed by atoms with van der Waals surface area (Å²) in [5.41, 5.74) is 2.40. The van der Waals surface area contributed by atoms with Crippen molar-refractivity contribution in [3.05, 3.63) is 52.5 Å². The molecule has 2 heterocycles. The number of halogens is 1. The average Bonchev–Trinajstić information content (AvgIpc) is 2.90. The number of nitrogens with zero attached hydrogens (tertiary/aromatic N) is 1. The Bertz CT molecular complexity index is 840. The van der Waals surface area contributed by atoms with Gasteiger partial charge in [0.25, 0.3) is 0 Å². The van der Waals surface area contributed by atoms with Crippen LogP contribution < -0.4 is 14.8 Å². The topological polar surface area (TPSA) is 72.3 Å². The van der Waals surface area contributed by atoms with Crippen molar-refractivity contribution in [3.63, 3.8) is 0 Å². The lowest BCUT2D eigenvalue weighted by Crippen LogP contribution is -2.20. The molecule has 1 atom stereocenters. The van der Waals surface area contributed by atoms with E-state index in [-0.39, 0.29) is 6.61 Å². The van der Waals surface area contributed by atoms with Gasteiger partial charge in [-0.2, -0.15) is 0 Å². The van der Waals surface area contributed by atoms with Crippen molar-refractivity contribution in [2.24, 2.45) is 4.99 Å². The molecular weight excluding hydrogens is 356 g/mol. The smallest absolute Gasteiger partial charge is 0.220 e. The number of aliphatic imine (C=N–C) groups is 1. The van der Waals surface area contributed by atoms with Crippen LogP contribution in [0.3, 0.4) is 0 Å². The lowest BCUT2D eigenvalue weighted by Gasteiger charge is -2.20. The minimum atomic E-state index is -0.805. The summed E-state index contributed by atoms with van der Waals surface area (Å²) >= 11 is 6.02. The van der Waals surface area contributed by atoms with Gasteiger partial charge < -0.3 is 24.6 Å². The minimum Gasteiger partial charge on any atom is -0.490 e. The fraction of sp³-hybridized carbons (Fsp3) is 0.316. The number of ether oxygens (including phenoxy) is 3. The van der Waals surface area contributed by atoms with E-state index < -0.39 is 6.10 Å². The molecule has 2 N–H and O–H groups in total. The van der Waals surface area contributed by atoms with Gasteiger partial charge in [-0.3, -0.25) is 0 Å². The number of rotatable bonds is 3. The first-order valence-corrected chi connectivity index (χ1v) is 8.87. The highest BCUT2D eigenvalue weighted by atomic mass is 35.5. The minimum absolute atomic E-state index is 0.0839. The number of aliphatic hydroxyl groups is 1. The summed E-state index contributed by atoms with van der Waals surface area (Å²) in [7, 11) is 0. The Hall–Kier alpha value is -2.44. The fourth-order valence-electron chi connectivity index (χ4n) is 2.90. The quantitative estimate of drug-likeness (QED) is 0.861. The van der Waals surface area contributed by atoms with Gasteiger partial charge in [-0.15, -0.1) is 0 Å². The van der Waals surface area contributed by atoms with E-state index >= 15 is 0 Å². The van der Waals surface area contributed by atoms with Crippen molar-refractivity contribution >= 4 is 23.2 Å². The van der Waals surface area contributed by atoms with E-state index in [9.17, 15) is 5.11 Å². The van der Waals surface area contributed by atoms with Crippen LogP contribution in [0.4, 0.5) is 5.69 Å². The normalized spacial score (nSPS) is 16.6. The SMILES string of the molecule is O[C@H](COC1=NCNc2cc(Cl)ccc21)c1ccc2c(c1)OCCCO2. The van der Waals surface area contributed by atoms with Gasteiger partial charge >= 0.3 is 0 Å². The molecule has 0 bridgehead atoms. The van der Waals surface area contributed by atoms with Crippen LogP contribution in [0.5, 0.6) is 11.5 Å². The first-order chi connectivity index (χ1) is 12.7. The molecule has 0 saturated heterocycles. The van der Waals surface area contributed by atoms with Crippen molar-refractivity contribution < 1.29 is 19.3 Å². The van der Waals surface area contributed by atoms with Crippen LogP contribution >= 0.6 is 11.6 Å². The molecule has 0 aromatic heterocycles. The van der Waals surface area contributed by atoms with Crippen molar-refractivity contribution in [1.29, 1.82) is 0 Å². The Morgan fingerprint density at radius 3 is 2.88 bits per heavy atom. The summed E-state index contributed by atoms with van der Waals surface area (Å²) < 4.78 is 17.1. The first kappa shape index (κ1) is 17.0. The molecule has 0 saturated carbocycles. The van der Waals surface area contributed by atoms with E-state index in [0.717, 1.165) is 17.7 Å². The van der Waals surface area contributed by atoms with Crippen LogP contribution in [0.1, 0.15) is 23.7 Å². The summed E-state index contributed by atoms with van der Waals surface area (Å²) in [6, 6.07) is 10.9. The zero-order valence-electron chi connectivity index (χ0n) is 14.1. The molecule has 0 amide bonds. The van der Waals surface area contributed by atoms with E-state index in [1.54, 1.807) is 12.1 Å². The van der Waals surface area contributed by atoms with E-state index in [0.29, 0.717) is 47.9 Å². The average molecular weight is 375 g/mol. The molecule has 26 heavy (non-hydrogen) atoms. The van der Waals surface area contributed by atoms with Gasteiger partial charge in [0.1, 0.15) is 19.4 Å². The monoisotopic (exact) mass is 374 g/mol. The fourth-order valence-corrected chi connectivity index (χ4v) is 3.07. The van der Waals surface area contributed by atoms with Crippen LogP contribution in [0.2, 0.25) is 5.02 Å². The third kappa shape index (κ3) is 3.57. The highest BCUT2D eigenvalue weighted by Crippen LogP contribution is 2.32. The predicted molar refractivity (Wildman–Crippen MR) is 99.4 cm³/mol. The van der Waals surface area contributed by atoms with Crippen LogP contribution in [0.15, 0.2) is 41.4 Å². The molecule has 2 aromatic carbocycles. The second-order valence-electron chi connectivity index (χ2n) is 6.07. The van der Waals surface area contributed by atoms with Crippen molar-refractivity contribution in [2.75, 3.05) is 31.8 Å². The molecule has 136 valence electrons. The molecule has 2 aliphatic heterocycles. The summed E-state index contributed by atoms with van der Waals surface area (Å²) in [4.78, 5) is 4.33. The molecule has 0 fully saturated rings. The van der Waals surface area contributed by atoms with E-state index in [1.165, 1.54) is 0 Å². The zero-order valence-corrected chi connectivity index (χ0v) is 14.8. The van der Waals surface area contributed by atoms with Gasteiger partial charge in [0, 0.05) is 17.1 Å². The molecule has 0 radical (unpaired) electrons. The summed E-state index contributed by atoms with van der Waals surface area (Å²) in [5, 5.41) is 14.3. The van der Waals surface area contributed by atoms with Gasteiger partial charge in [0.15, 0.2) is 11.5 Å². The largest absolute Gasteiger partial charge is 0.490 e. The van der Waals surface area contributed by atoms with Crippen LogP contribution in [-0.2, 0) is 4.74 Å². The number of fused-ring (bicyclic) bond motifs is 2. The highest BCUT2D eigenvalue weighted by molar-refractivity contribution is 6.31. The van der Waals surface area contributed by atoms with Crippen LogP contribution in [0.25, 0.3) is 0 Å². The Morgan fingerprint density at radius 1 is 1.15 bits per heavy atom. The van der Waals surface area contributed by atoms with Crippen molar-refractivity contribution in [1.82, 2.24) is 0 Å². The number of benzene rings is 2. The van der Waals surface area contributed by atoms with E-state index in [1.807, 2.05) is 24.3 Å². The van der Waals surface area contributed by atoms with Crippen LogP contribution in [-0.4, -0.2) is 37.5 Å².